The van der Waals surface area contributed by atoms with Crippen molar-refractivity contribution in [2.45, 2.75) is 78.6 Å². The highest BCUT2D eigenvalue weighted by Gasteiger charge is 2.13. The van der Waals surface area contributed by atoms with Crippen molar-refractivity contribution in [2.75, 3.05) is 13.2 Å². The summed E-state index contributed by atoms with van der Waals surface area (Å²) in [6, 6.07) is 12.0. The van der Waals surface area contributed by atoms with Crippen molar-refractivity contribution in [3.05, 3.63) is 53.6 Å². The molecule has 0 radical (unpaired) electrons. The normalized spacial score (nSPS) is 10.9. The summed E-state index contributed by atoms with van der Waals surface area (Å²) in [5, 5.41) is 4.05. The van der Waals surface area contributed by atoms with Crippen LogP contribution in [0.5, 0.6) is 17.2 Å². The van der Waals surface area contributed by atoms with E-state index in [4.69, 9.17) is 14.2 Å². The van der Waals surface area contributed by atoms with Crippen LogP contribution in [0.3, 0.4) is 0 Å². The predicted octanol–water partition coefficient (Wildman–Crippen LogP) is 6.68. The van der Waals surface area contributed by atoms with Crippen molar-refractivity contribution in [1.82, 2.24) is 5.43 Å². The Morgan fingerprint density at radius 1 is 0.833 bits per heavy atom. The number of hydrogen-bond acceptors (Lipinski definition) is 6. The van der Waals surface area contributed by atoms with Gasteiger partial charge in [0.2, 0.25) is 5.91 Å². The summed E-state index contributed by atoms with van der Waals surface area (Å²) in [6.07, 6.45) is 11.1. The summed E-state index contributed by atoms with van der Waals surface area (Å²) >= 11 is 0. The van der Waals surface area contributed by atoms with Gasteiger partial charge in [0, 0.05) is 6.42 Å². The van der Waals surface area contributed by atoms with Gasteiger partial charge in [-0.3, -0.25) is 4.79 Å². The minimum absolute atomic E-state index is 0.0958. The fourth-order valence-electron chi connectivity index (χ4n) is 3.50. The van der Waals surface area contributed by atoms with E-state index in [0.29, 0.717) is 48.0 Å². The third-order valence-electron chi connectivity index (χ3n) is 5.44. The number of amides is 1. The molecule has 0 saturated carbocycles. The Kier molecular flexibility index (Phi) is 13.8. The van der Waals surface area contributed by atoms with E-state index in [1.165, 1.54) is 32.1 Å². The fraction of sp³-hybridized carbons (Fsp3) is 0.483. The molecule has 36 heavy (non-hydrogen) atoms. The zero-order valence-corrected chi connectivity index (χ0v) is 21.9. The summed E-state index contributed by atoms with van der Waals surface area (Å²) < 4.78 is 16.8. The molecule has 0 aliphatic carbocycles. The number of carbonyl (C=O) groups is 2. The number of nitrogens with zero attached hydrogens (tertiary/aromatic N) is 1. The first kappa shape index (κ1) is 28.9. The van der Waals surface area contributed by atoms with Gasteiger partial charge in [0.15, 0.2) is 11.5 Å². The van der Waals surface area contributed by atoms with Crippen LogP contribution in [-0.2, 0) is 4.79 Å². The molecule has 2 rings (SSSR count). The number of benzene rings is 2. The molecule has 1 N–H and O–H groups in total. The molecule has 0 atom stereocenters. The van der Waals surface area contributed by atoms with Crippen LogP contribution in [0, 0.1) is 0 Å². The van der Waals surface area contributed by atoms with Crippen LogP contribution in [0.25, 0.3) is 0 Å². The van der Waals surface area contributed by atoms with Crippen LogP contribution in [0.4, 0.5) is 0 Å². The van der Waals surface area contributed by atoms with Crippen molar-refractivity contribution in [3.8, 4) is 17.2 Å². The van der Waals surface area contributed by atoms with Gasteiger partial charge >= 0.3 is 5.97 Å². The number of carbonyl (C=O) groups excluding carboxylic acids is 2. The fourth-order valence-corrected chi connectivity index (χ4v) is 3.50. The number of unbranched alkanes of at least 4 members (excludes halogenated alkanes) is 6. The lowest BCUT2D eigenvalue weighted by molar-refractivity contribution is -0.121. The zero-order valence-electron chi connectivity index (χ0n) is 21.9. The summed E-state index contributed by atoms with van der Waals surface area (Å²) in [4.78, 5) is 24.6. The van der Waals surface area contributed by atoms with E-state index in [2.05, 4.69) is 17.5 Å². The van der Waals surface area contributed by atoms with E-state index in [-0.39, 0.29) is 5.91 Å². The maximum Gasteiger partial charge on any atom is 0.343 e. The van der Waals surface area contributed by atoms with Crippen molar-refractivity contribution < 1.29 is 23.8 Å². The molecular formula is C29H40N2O5. The van der Waals surface area contributed by atoms with E-state index in [1.54, 1.807) is 48.7 Å². The Morgan fingerprint density at radius 2 is 1.56 bits per heavy atom. The van der Waals surface area contributed by atoms with Crippen LogP contribution in [-0.4, -0.2) is 31.3 Å². The van der Waals surface area contributed by atoms with Crippen LogP contribution in [0.2, 0.25) is 0 Å². The second-order valence-corrected chi connectivity index (χ2v) is 8.57. The summed E-state index contributed by atoms with van der Waals surface area (Å²) in [5.74, 6) is 0.862. The molecule has 0 aliphatic heterocycles. The molecule has 0 heterocycles. The summed E-state index contributed by atoms with van der Waals surface area (Å²) in [6.45, 7) is 7.12. The van der Waals surface area contributed by atoms with Crippen molar-refractivity contribution in [3.63, 3.8) is 0 Å². The lowest BCUT2D eigenvalue weighted by Gasteiger charge is -2.12. The van der Waals surface area contributed by atoms with Gasteiger partial charge in [0.1, 0.15) is 5.75 Å². The molecule has 1 amide bonds. The lowest BCUT2D eigenvalue weighted by atomic mass is 10.1. The molecule has 0 spiro atoms. The molecule has 2 aromatic carbocycles. The van der Waals surface area contributed by atoms with E-state index >= 15 is 0 Å². The molecule has 0 aromatic heterocycles. The van der Waals surface area contributed by atoms with Gasteiger partial charge in [0.25, 0.3) is 0 Å². The Balaban J connectivity index is 1.87. The Hall–Kier alpha value is -3.35. The SMILES string of the molecule is CCCCCCCCCC(=O)N/N=C/c1ccc(OC(=O)c2ccc(OCCC)cc2)c(OCC)c1. The van der Waals surface area contributed by atoms with Gasteiger partial charge in [0.05, 0.1) is 25.0 Å². The van der Waals surface area contributed by atoms with Crippen LogP contribution in [0.1, 0.15) is 94.5 Å². The smallest absolute Gasteiger partial charge is 0.343 e. The maximum absolute atomic E-state index is 12.6. The Morgan fingerprint density at radius 3 is 2.25 bits per heavy atom. The molecule has 7 heteroatoms. The first-order valence-electron chi connectivity index (χ1n) is 13.1. The second-order valence-electron chi connectivity index (χ2n) is 8.57. The number of hydrazone groups is 1. The number of nitrogens with one attached hydrogen (secondary N) is 1. The van der Waals surface area contributed by atoms with Crippen molar-refractivity contribution in [2.24, 2.45) is 5.10 Å². The number of hydrogen-bond donors (Lipinski definition) is 1. The van der Waals surface area contributed by atoms with Crippen molar-refractivity contribution in [1.29, 1.82) is 0 Å². The van der Waals surface area contributed by atoms with Gasteiger partial charge in [-0.25, -0.2) is 10.2 Å². The minimum Gasteiger partial charge on any atom is -0.494 e. The molecule has 0 aliphatic rings. The molecular weight excluding hydrogens is 456 g/mol. The van der Waals surface area contributed by atoms with Gasteiger partial charge < -0.3 is 14.2 Å². The standard InChI is InChI=1S/C29H40N2O5/c1-4-7-8-9-10-11-12-13-28(32)31-30-22-23-14-19-26(27(21-23)34-6-3)36-29(33)24-15-17-25(18-16-24)35-20-5-2/h14-19,21-22H,4-13,20H2,1-3H3,(H,31,32)/b30-22+. The predicted molar refractivity (Wildman–Crippen MR) is 143 cm³/mol. The van der Waals surface area contributed by atoms with Gasteiger partial charge in [-0.2, -0.15) is 5.10 Å². The highest BCUT2D eigenvalue weighted by atomic mass is 16.6. The van der Waals surface area contributed by atoms with E-state index < -0.39 is 5.97 Å². The maximum atomic E-state index is 12.6. The first-order chi connectivity index (χ1) is 17.6. The van der Waals surface area contributed by atoms with Crippen LogP contribution >= 0.6 is 0 Å². The monoisotopic (exact) mass is 496 g/mol. The Bertz CT molecular complexity index is 957. The molecule has 0 saturated heterocycles. The zero-order chi connectivity index (χ0) is 26.0. The first-order valence-corrected chi connectivity index (χ1v) is 13.1. The van der Waals surface area contributed by atoms with E-state index in [9.17, 15) is 9.59 Å². The second kappa shape index (κ2) is 17.1. The molecule has 2 aromatic rings. The average Bonchev–Trinajstić information content (AvgIpc) is 2.88. The number of rotatable bonds is 17. The molecule has 196 valence electrons. The Labute approximate surface area is 215 Å². The summed E-state index contributed by atoms with van der Waals surface area (Å²) in [7, 11) is 0. The average molecular weight is 497 g/mol. The van der Waals surface area contributed by atoms with Gasteiger partial charge in [-0.1, -0.05) is 52.4 Å². The molecule has 0 unspecified atom stereocenters. The van der Waals surface area contributed by atoms with Crippen LogP contribution in [0.15, 0.2) is 47.6 Å². The topological polar surface area (TPSA) is 86.2 Å². The van der Waals surface area contributed by atoms with Gasteiger partial charge in [-0.15, -0.1) is 0 Å². The van der Waals surface area contributed by atoms with E-state index in [1.807, 2.05) is 13.8 Å². The molecule has 7 nitrogen and oxygen atoms in total. The highest BCUT2D eigenvalue weighted by molar-refractivity contribution is 5.91. The quantitative estimate of drug-likeness (QED) is 0.0867. The minimum atomic E-state index is -0.489. The number of esters is 1. The van der Waals surface area contributed by atoms with Crippen LogP contribution < -0.4 is 19.6 Å². The highest BCUT2D eigenvalue weighted by Crippen LogP contribution is 2.29. The third kappa shape index (κ3) is 10.9. The summed E-state index contributed by atoms with van der Waals surface area (Å²) in [5.41, 5.74) is 3.70. The molecule has 0 bridgehead atoms. The molecule has 0 fully saturated rings. The van der Waals surface area contributed by atoms with Crippen molar-refractivity contribution >= 4 is 18.1 Å². The third-order valence-corrected chi connectivity index (χ3v) is 5.44. The lowest BCUT2D eigenvalue weighted by Crippen LogP contribution is -2.16. The largest absolute Gasteiger partial charge is 0.494 e. The van der Waals surface area contributed by atoms with E-state index in [0.717, 1.165) is 19.3 Å². The number of ether oxygens (including phenoxy) is 3. The van der Waals surface area contributed by atoms with Gasteiger partial charge in [-0.05, 0) is 67.8 Å².